The Morgan fingerprint density at radius 1 is 1.30 bits per heavy atom. The lowest BCUT2D eigenvalue weighted by molar-refractivity contribution is -0.117. The highest BCUT2D eigenvalue weighted by atomic mass is 32.2. The van der Waals surface area contributed by atoms with Crippen LogP contribution in [0.4, 0.5) is 5.82 Å². The van der Waals surface area contributed by atoms with Crippen molar-refractivity contribution >= 4 is 21.6 Å². The number of sulfone groups is 1. The second-order valence-corrected chi connectivity index (χ2v) is 9.02. The molecule has 1 heterocycles. The normalized spacial score (nSPS) is 13.3. The minimum atomic E-state index is -3.51. The molecule has 0 aliphatic rings. The van der Waals surface area contributed by atoms with Crippen LogP contribution in [0, 0.1) is 0 Å². The van der Waals surface area contributed by atoms with Crippen LogP contribution in [-0.2, 0) is 20.0 Å². The van der Waals surface area contributed by atoms with E-state index >= 15 is 0 Å². The third kappa shape index (κ3) is 3.20. The topological polar surface area (TPSA) is 89.3 Å². The Labute approximate surface area is 119 Å². The first kappa shape index (κ1) is 16.7. The van der Waals surface area contributed by atoms with Crippen LogP contribution >= 0.6 is 0 Å². The Kier molecular flexibility index (Phi) is 4.34. The van der Waals surface area contributed by atoms with Crippen molar-refractivity contribution in [3.05, 3.63) is 11.8 Å². The zero-order valence-corrected chi connectivity index (χ0v) is 13.6. The third-order valence-corrected chi connectivity index (χ3v) is 5.70. The first-order chi connectivity index (χ1) is 8.91. The number of hydrogen-bond acceptors (Lipinski definition) is 5. The molecule has 20 heavy (non-hydrogen) atoms. The smallest absolute Gasteiger partial charge is 0.246 e. The molecule has 0 saturated heterocycles. The molecule has 0 unspecified atom stereocenters. The van der Waals surface area contributed by atoms with Gasteiger partial charge in [0.1, 0.15) is 10.5 Å². The van der Waals surface area contributed by atoms with E-state index in [0.717, 1.165) is 0 Å². The summed E-state index contributed by atoms with van der Waals surface area (Å²) < 4.78 is 27.5. The Morgan fingerprint density at radius 3 is 2.25 bits per heavy atom. The van der Waals surface area contributed by atoms with Crippen molar-refractivity contribution in [3.63, 3.8) is 0 Å². The molecule has 114 valence electrons. The Bertz CT molecular complexity index is 594. The molecule has 1 aromatic heterocycles. The number of anilines is 1. The average Bonchev–Trinajstić information content (AvgIpc) is 2.76. The lowest BCUT2D eigenvalue weighted by Crippen LogP contribution is -2.45. The van der Waals surface area contributed by atoms with Crippen LogP contribution in [0.15, 0.2) is 10.6 Å². The fourth-order valence-corrected chi connectivity index (χ4v) is 2.51. The van der Waals surface area contributed by atoms with Crippen molar-refractivity contribution in [3.8, 4) is 0 Å². The van der Waals surface area contributed by atoms with Gasteiger partial charge in [-0.1, -0.05) is 32.9 Å². The van der Waals surface area contributed by atoms with Gasteiger partial charge in [-0.25, -0.2) is 8.42 Å². The number of aromatic nitrogens is 1. The highest BCUT2D eigenvalue weighted by molar-refractivity contribution is 7.93. The number of nitrogens with one attached hydrogen (secondary N) is 1. The summed E-state index contributed by atoms with van der Waals surface area (Å²) in [5.41, 5.74) is -0.235. The van der Waals surface area contributed by atoms with Gasteiger partial charge in [-0.3, -0.25) is 4.79 Å². The monoisotopic (exact) mass is 302 g/mol. The summed E-state index contributed by atoms with van der Waals surface area (Å²) in [6.45, 7) is 10.1. The standard InChI is InChI=1S/C13H22N2O4S/c1-7-20(17,18)13(5,6)11(16)14-10-8-9(19-15-10)12(2,3)4/h8H,7H2,1-6H3,(H,14,15,16). The molecule has 0 aliphatic carbocycles. The van der Waals surface area contributed by atoms with Crippen LogP contribution in [0.5, 0.6) is 0 Å². The molecule has 0 aromatic carbocycles. The van der Waals surface area contributed by atoms with E-state index < -0.39 is 20.5 Å². The molecular weight excluding hydrogens is 280 g/mol. The van der Waals surface area contributed by atoms with Crippen molar-refractivity contribution < 1.29 is 17.7 Å². The first-order valence-corrected chi connectivity index (χ1v) is 8.08. The molecule has 1 amide bonds. The molecule has 0 saturated carbocycles. The summed E-state index contributed by atoms with van der Waals surface area (Å²) in [4.78, 5) is 12.1. The minimum absolute atomic E-state index is 0.0977. The van der Waals surface area contributed by atoms with E-state index in [1.807, 2.05) is 20.8 Å². The van der Waals surface area contributed by atoms with E-state index in [1.54, 1.807) is 6.07 Å². The predicted molar refractivity (Wildman–Crippen MR) is 77.4 cm³/mol. The van der Waals surface area contributed by atoms with Crippen LogP contribution in [0.1, 0.15) is 47.3 Å². The average molecular weight is 302 g/mol. The van der Waals surface area contributed by atoms with Crippen LogP contribution in [-0.4, -0.2) is 30.0 Å². The maximum Gasteiger partial charge on any atom is 0.246 e. The molecule has 0 radical (unpaired) electrons. The fourth-order valence-electron chi connectivity index (χ4n) is 1.46. The lowest BCUT2D eigenvalue weighted by atomic mass is 9.93. The molecule has 0 fully saturated rings. The lowest BCUT2D eigenvalue weighted by Gasteiger charge is -2.22. The van der Waals surface area contributed by atoms with Crippen LogP contribution in [0.2, 0.25) is 0 Å². The molecule has 0 bridgehead atoms. The first-order valence-electron chi connectivity index (χ1n) is 6.43. The number of carbonyl (C=O) groups is 1. The molecule has 0 spiro atoms. The molecule has 7 heteroatoms. The highest BCUT2D eigenvalue weighted by Gasteiger charge is 2.40. The predicted octanol–water partition coefficient (Wildman–Crippen LogP) is 2.12. The summed E-state index contributed by atoms with van der Waals surface area (Å²) in [6, 6.07) is 1.60. The second-order valence-electron chi connectivity index (χ2n) is 6.19. The zero-order chi connectivity index (χ0) is 15.8. The van der Waals surface area contributed by atoms with Gasteiger partial charge in [-0.15, -0.1) is 0 Å². The van der Waals surface area contributed by atoms with Crippen molar-refractivity contribution in [2.24, 2.45) is 0 Å². The summed E-state index contributed by atoms with van der Waals surface area (Å²) in [7, 11) is -3.51. The van der Waals surface area contributed by atoms with Gasteiger partial charge in [0.25, 0.3) is 0 Å². The van der Waals surface area contributed by atoms with Crippen molar-refractivity contribution in [1.82, 2.24) is 5.16 Å². The third-order valence-electron chi connectivity index (χ3n) is 3.20. The minimum Gasteiger partial charge on any atom is -0.359 e. The number of carbonyl (C=O) groups excluding carboxylic acids is 1. The van der Waals surface area contributed by atoms with Crippen LogP contribution < -0.4 is 5.32 Å². The quantitative estimate of drug-likeness (QED) is 0.920. The SMILES string of the molecule is CCS(=O)(=O)C(C)(C)C(=O)Nc1cc(C(C)(C)C)on1. The van der Waals surface area contributed by atoms with Crippen molar-refractivity contribution in [2.45, 2.75) is 51.7 Å². The summed E-state index contributed by atoms with van der Waals surface area (Å²) in [5, 5.41) is 6.23. The molecule has 1 rings (SSSR count). The van der Waals surface area contributed by atoms with Gasteiger partial charge in [0.2, 0.25) is 5.91 Å². The zero-order valence-electron chi connectivity index (χ0n) is 12.8. The molecule has 0 aliphatic heterocycles. The van der Waals surface area contributed by atoms with Gasteiger partial charge in [-0.2, -0.15) is 0 Å². The fraction of sp³-hybridized carbons (Fsp3) is 0.692. The van der Waals surface area contributed by atoms with Gasteiger partial charge < -0.3 is 9.84 Å². The van der Waals surface area contributed by atoms with Crippen LogP contribution in [0.25, 0.3) is 0 Å². The number of hydrogen-bond donors (Lipinski definition) is 1. The highest BCUT2D eigenvalue weighted by Crippen LogP contribution is 2.25. The van der Waals surface area contributed by atoms with Crippen molar-refractivity contribution in [1.29, 1.82) is 0 Å². The molecule has 0 atom stereocenters. The molecule has 1 N–H and O–H groups in total. The maximum atomic E-state index is 12.1. The molecular formula is C13H22N2O4S. The van der Waals surface area contributed by atoms with E-state index in [9.17, 15) is 13.2 Å². The number of amides is 1. The maximum absolute atomic E-state index is 12.1. The number of rotatable bonds is 4. The van der Waals surface area contributed by atoms with E-state index in [1.165, 1.54) is 20.8 Å². The van der Waals surface area contributed by atoms with Gasteiger partial charge in [0.05, 0.1) is 0 Å². The van der Waals surface area contributed by atoms with E-state index in [2.05, 4.69) is 10.5 Å². The van der Waals surface area contributed by atoms with E-state index in [4.69, 9.17) is 4.52 Å². The van der Waals surface area contributed by atoms with Crippen molar-refractivity contribution in [2.75, 3.05) is 11.1 Å². The van der Waals surface area contributed by atoms with Gasteiger partial charge in [0, 0.05) is 17.2 Å². The second kappa shape index (κ2) is 5.20. The Morgan fingerprint density at radius 2 is 1.85 bits per heavy atom. The summed E-state index contributed by atoms with van der Waals surface area (Å²) >= 11 is 0. The number of nitrogens with zero attached hydrogens (tertiary/aromatic N) is 1. The van der Waals surface area contributed by atoms with E-state index in [-0.39, 0.29) is 17.0 Å². The van der Waals surface area contributed by atoms with E-state index in [0.29, 0.717) is 5.76 Å². The Hall–Kier alpha value is -1.37. The summed E-state index contributed by atoms with van der Waals surface area (Å²) in [6.07, 6.45) is 0. The molecule has 1 aromatic rings. The van der Waals surface area contributed by atoms with Gasteiger partial charge in [-0.05, 0) is 13.8 Å². The van der Waals surface area contributed by atoms with Crippen LogP contribution in [0.3, 0.4) is 0 Å². The van der Waals surface area contributed by atoms with Gasteiger partial charge in [0.15, 0.2) is 15.7 Å². The van der Waals surface area contributed by atoms with Gasteiger partial charge >= 0.3 is 0 Å². The molecule has 6 nitrogen and oxygen atoms in total. The Balaban J connectivity index is 2.95. The summed E-state index contributed by atoms with van der Waals surface area (Å²) in [5.74, 6) is 0.121. The largest absolute Gasteiger partial charge is 0.359 e.